The van der Waals surface area contributed by atoms with Gasteiger partial charge in [-0.2, -0.15) is 74.6 Å². The Morgan fingerprint density at radius 1 is 0.634 bits per heavy atom. The van der Waals surface area contributed by atoms with Gasteiger partial charge < -0.3 is 4.74 Å². The Balaban J connectivity index is 3.25. The smallest absolute Gasteiger partial charge is 0.443 e. The molecule has 0 spiro atoms. The number of rotatable bonds is 11. The van der Waals surface area contributed by atoms with Crippen LogP contribution in [-0.2, 0) is 4.74 Å². The summed E-state index contributed by atoms with van der Waals surface area (Å²) in [6.45, 7) is 1.37. The molecule has 0 saturated heterocycles. The third kappa shape index (κ3) is 6.35. The summed E-state index contributed by atoms with van der Waals surface area (Å²) in [6.07, 6.45) is -13.7. The summed E-state index contributed by atoms with van der Waals surface area (Å²) in [5.74, 6) is -56.9. The molecule has 1 amide bonds. The molecule has 238 valence electrons. The molecule has 0 bridgehead atoms. The summed E-state index contributed by atoms with van der Waals surface area (Å²) in [4.78, 5) is 11.9. The maximum absolute atomic E-state index is 14.1. The molecular weight excluding hydrogens is 645 g/mol. The first-order valence-corrected chi connectivity index (χ1v) is 10.7. The van der Waals surface area contributed by atoms with Crippen LogP contribution in [0.3, 0.4) is 0 Å². The van der Waals surface area contributed by atoms with Gasteiger partial charge in [0.05, 0.1) is 0 Å². The summed E-state index contributed by atoms with van der Waals surface area (Å²) in [5.41, 5.74) is -2.39. The van der Waals surface area contributed by atoms with Gasteiger partial charge in [0.1, 0.15) is 5.60 Å². The highest BCUT2D eigenvalue weighted by Gasteiger charge is 2.95. The molecule has 0 fully saturated rings. The second-order valence-corrected chi connectivity index (χ2v) is 9.37. The zero-order chi connectivity index (χ0) is 32.9. The van der Waals surface area contributed by atoms with E-state index in [0.29, 0.717) is 13.8 Å². The van der Waals surface area contributed by atoms with Crippen molar-refractivity contribution in [3.63, 3.8) is 0 Å². The lowest BCUT2D eigenvalue weighted by atomic mass is 9.87. The Kier molecular flexibility index (Phi) is 9.55. The van der Waals surface area contributed by atoms with E-state index in [1.807, 2.05) is 5.32 Å². The van der Waals surface area contributed by atoms with Gasteiger partial charge in [0.15, 0.2) is 0 Å². The van der Waals surface area contributed by atoms with E-state index in [-0.39, 0.29) is 10.7 Å². The summed E-state index contributed by atoms with van der Waals surface area (Å²) in [7, 11) is 0. The van der Waals surface area contributed by atoms with Crippen LogP contribution in [0.25, 0.3) is 0 Å². The summed E-state index contributed by atoms with van der Waals surface area (Å²) >= 11 is 5.59. The molecule has 1 aromatic rings. The Hall–Kier alpha value is -2.41. The van der Waals surface area contributed by atoms with E-state index < -0.39 is 72.2 Å². The molecule has 1 aromatic carbocycles. The molecule has 1 rings (SSSR count). The topological polar surface area (TPSA) is 38.3 Å². The Morgan fingerprint density at radius 3 is 1.39 bits per heavy atom. The Morgan fingerprint density at radius 2 is 1.00 bits per heavy atom. The lowest BCUT2D eigenvalue weighted by Gasteiger charge is -2.43. The van der Waals surface area contributed by atoms with Crippen molar-refractivity contribution in [1.82, 2.24) is 0 Å². The fourth-order valence-corrected chi connectivity index (χ4v) is 2.92. The molecule has 0 radical (unpaired) electrons. The van der Waals surface area contributed by atoms with Gasteiger partial charge in [0.25, 0.3) is 0 Å². The van der Waals surface area contributed by atoms with Crippen LogP contribution in [-0.4, -0.2) is 59.3 Å². The fraction of sp³-hybridized carbons (Fsp3) is 0.650. The molecule has 1 N–H and O–H groups in total. The van der Waals surface area contributed by atoms with Crippen molar-refractivity contribution in [3.05, 3.63) is 29.3 Å². The SMILES string of the molecule is CC(C)(CCC(F)(F)C(F)(F)C(F)(F)C(F)(F)C(F)(F)C(F)(F)C(F)(F)C(F)(F)F)OC(=O)Nc1ccc(Cl)cc1. The number of nitrogens with one attached hydrogen (secondary N) is 1. The number of halogens is 18. The number of carbonyl (C=O) groups excluding carboxylic acids is 1. The van der Waals surface area contributed by atoms with E-state index in [2.05, 4.69) is 4.74 Å². The van der Waals surface area contributed by atoms with Crippen molar-refractivity contribution in [2.45, 2.75) is 79.9 Å². The molecule has 0 aromatic heterocycles. The molecule has 0 unspecified atom stereocenters. The molecule has 3 nitrogen and oxygen atoms in total. The zero-order valence-electron chi connectivity index (χ0n) is 19.8. The molecule has 0 aliphatic heterocycles. The average Bonchev–Trinajstić information content (AvgIpc) is 2.77. The largest absolute Gasteiger partial charge is 0.460 e. The number of alkyl halides is 17. The van der Waals surface area contributed by atoms with Crippen LogP contribution in [0.5, 0.6) is 0 Å². The number of amides is 1. The highest BCUT2D eigenvalue weighted by Crippen LogP contribution is 2.64. The van der Waals surface area contributed by atoms with Crippen LogP contribution in [0.4, 0.5) is 85.1 Å². The van der Waals surface area contributed by atoms with Crippen LogP contribution < -0.4 is 5.32 Å². The Bertz CT molecular complexity index is 1080. The van der Waals surface area contributed by atoms with Gasteiger partial charge in [-0.25, -0.2) is 4.79 Å². The van der Waals surface area contributed by atoms with Gasteiger partial charge in [0.2, 0.25) is 0 Å². The molecule has 21 heteroatoms. The monoisotopic (exact) mass is 659 g/mol. The van der Waals surface area contributed by atoms with Gasteiger partial charge in [-0.1, -0.05) is 11.6 Å². The number of hydrogen-bond donors (Lipinski definition) is 1. The predicted octanol–water partition coefficient (Wildman–Crippen LogP) is 9.46. The van der Waals surface area contributed by atoms with Crippen LogP contribution >= 0.6 is 11.6 Å². The molecule has 41 heavy (non-hydrogen) atoms. The summed E-state index contributed by atoms with van der Waals surface area (Å²) in [6, 6.07) is 4.84. The molecule has 0 aliphatic carbocycles. The minimum Gasteiger partial charge on any atom is -0.443 e. The number of anilines is 1. The van der Waals surface area contributed by atoms with E-state index in [1.54, 1.807) is 0 Å². The number of ether oxygens (including phenoxy) is 1. The lowest BCUT2D eigenvalue weighted by molar-refractivity contribution is -0.462. The first kappa shape index (κ1) is 36.6. The van der Waals surface area contributed by atoms with Crippen LogP contribution in [0, 0.1) is 0 Å². The minimum atomic E-state index is -8.69. The van der Waals surface area contributed by atoms with Crippen molar-refractivity contribution in [1.29, 1.82) is 0 Å². The third-order valence-corrected chi connectivity index (χ3v) is 5.54. The average molecular weight is 660 g/mol. The van der Waals surface area contributed by atoms with Crippen molar-refractivity contribution in [2.75, 3.05) is 5.32 Å². The number of benzene rings is 1. The zero-order valence-corrected chi connectivity index (χ0v) is 20.6. The van der Waals surface area contributed by atoms with Gasteiger partial charge >= 0.3 is 53.7 Å². The highest BCUT2D eigenvalue weighted by molar-refractivity contribution is 6.30. The molecular formula is C20H15ClF17NO2. The van der Waals surface area contributed by atoms with Crippen molar-refractivity contribution >= 4 is 23.4 Å². The van der Waals surface area contributed by atoms with Gasteiger partial charge in [-0.3, -0.25) is 5.32 Å². The fourth-order valence-electron chi connectivity index (χ4n) is 2.79. The van der Waals surface area contributed by atoms with Crippen molar-refractivity contribution in [2.24, 2.45) is 0 Å². The van der Waals surface area contributed by atoms with Crippen LogP contribution in [0.15, 0.2) is 24.3 Å². The van der Waals surface area contributed by atoms with E-state index in [4.69, 9.17) is 11.6 Å². The number of hydrogen-bond acceptors (Lipinski definition) is 2. The van der Waals surface area contributed by atoms with Gasteiger partial charge in [-0.05, 0) is 44.5 Å². The first-order chi connectivity index (χ1) is 17.8. The second-order valence-electron chi connectivity index (χ2n) is 8.93. The molecule has 0 heterocycles. The summed E-state index contributed by atoms with van der Waals surface area (Å²) < 4.78 is 231. The third-order valence-electron chi connectivity index (χ3n) is 5.29. The highest BCUT2D eigenvalue weighted by atomic mass is 35.5. The molecule has 0 saturated carbocycles. The first-order valence-electron chi connectivity index (χ1n) is 10.3. The molecule has 0 aliphatic rings. The predicted molar refractivity (Wildman–Crippen MR) is 106 cm³/mol. The van der Waals surface area contributed by atoms with E-state index >= 15 is 0 Å². The van der Waals surface area contributed by atoms with Gasteiger partial charge in [-0.15, -0.1) is 0 Å². The minimum absolute atomic E-state index is 0.0391. The van der Waals surface area contributed by atoms with Crippen LogP contribution in [0.1, 0.15) is 26.7 Å². The van der Waals surface area contributed by atoms with E-state index in [0.717, 1.165) is 0 Å². The lowest BCUT2D eigenvalue weighted by Crippen LogP contribution is -2.74. The van der Waals surface area contributed by atoms with Crippen LogP contribution in [0.2, 0.25) is 5.02 Å². The van der Waals surface area contributed by atoms with Crippen molar-refractivity contribution < 1.29 is 84.2 Å². The van der Waals surface area contributed by atoms with E-state index in [9.17, 15) is 79.4 Å². The van der Waals surface area contributed by atoms with Crippen molar-refractivity contribution in [3.8, 4) is 0 Å². The standard InChI is InChI=1S/C20H15ClF17NO2/c1-12(2,41-11(40)39-10-5-3-9(21)4-6-10)7-8-13(22,23)14(24,25)15(26,27)16(28,29)17(30,31)18(32,33)19(34,35)20(36,37)38/h3-6H,7-8H2,1-2H3,(H,39,40). The normalized spacial score (nSPS) is 15.1. The molecule has 0 atom stereocenters. The summed E-state index contributed by atoms with van der Waals surface area (Å²) in [5, 5.41) is 2.17. The maximum atomic E-state index is 14.1. The Labute approximate surface area is 222 Å². The van der Waals surface area contributed by atoms with E-state index in [1.165, 1.54) is 24.3 Å². The van der Waals surface area contributed by atoms with Gasteiger partial charge in [0, 0.05) is 17.1 Å². The maximum Gasteiger partial charge on any atom is 0.460 e. The number of carbonyl (C=O) groups is 1. The second kappa shape index (κ2) is 10.7. The quantitative estimate of drug-likeness (QED) is 0.241.